The average Bonchev–Trinajstić information content (AvgIpc) is 3.90. The molecule has 0 atom stereocenters. The number of rotatable bonds is 7. The van der Waals surface area contributed by atoms with Crippen molar-refractivity contribution in [3.63, 3.8) is 0 Å². The van der Waals surface area contributed by atoms with Crippen LogP contribution >= 0.6 is 0 Å². The molecule has 0 radical (unpaired) electrons. The molecule has 4 nitrogen and oxygen atoms in total. The van der Waals surface area contributed by atoms with Gasteiger partial charge in [-0.3, -0.25) is 4.98 Å². The van der Waals surface area contributed by atoms with Crippen LogP contribution in [0.1, 0.15) is 5.56 Å². The molecule has 12 rings (SSSR count). The first-order valence-corrected chi connectivity index (χ1v) is 21.6. The molecule has 12 aromatic rings. The summed E-state index contributed by atoms with van der Waals surface area (Å²) in [6.45, 7) is 0. The van der Waals surface area contributed by atoms with Gasteiger partial charge in [-0.1, -0.05) is 176 Å². The van der Waals surface area contributed by atoms with Crippen molar-refractivity contribution >= 4 is 43.6 Å². The smallest absolute Gasteiger partial charge is 0.104 e. The van der Waals surface area contributed by atoms with Crippen molar-refractivity contribution in [2.24, 2.45) is 0 Å². The molecule has 0 aliphatic heterocycles. The highest BCUT2D eigenvalue weighted by Crippen LogP contribution is 2.47. The minimum absolute atomic E-state index is 0.558. The molecule has 9 aromatic carbocycles. The fourth-order valence-corrected chi connectivity index (χ4v) is 9.93. The standard InChI is InChI=1S/C60H38N4/c61-39-49-55(63-51-32-15-27-45(40-19-5-1-6-20-40)57(51)58-46(28-16-33-52(58)63)41-21-7-2-8-22-41)37-44(50-31-13-14-36-62-50)38-56(49)64-53-34-17-29-47(42-23-9-3-10-24-42)59(53)60-48(30-18-35-54(60)64)43-25-11-4-12-26-43/h1-38H. The second kappa shape index (κ2) is 15.3. The molecule has 298 valence electrons. The summed E-state index contributed by atoms with van der Waals surface area (Å²) in [6, 6.07) is 81.8. The highest BCUT2D eigenvalue weighted by atomic mass is 15.0. The lowest BCUT2D eigenvalue weighted by atomic mass is 9.95. The van der Waals surface area contributed by atoms with Crippen LogP contribution in [0.25, 0.3) is 111 Å². The van der Waals surface area contributed by atoms with Crippen molar-refractivity contribution in [2.45, 2.75) is 0 Å². The van der Waals surface area contributed by atoms with Gasteiger partial charge in [0, 0.05) is 33.3 Å². The first-order valence-electron chi connectivity index (χ1n) is 21.6. The molecule has 0 aliphatic carbocycles. The van der Waals surface area contributed by atoms with E-state index in [-0.39, 0.29) is 0 Å². The Labute approximate surface area is 370 Å². The molecule has 3 aromatic heterocycles. The molecule has 0 amide bonds. The number of fused-ring (bicyclic) bond motifs is 6. The third kappa shape index (κ3) is 5.87. The van der Waals surface area contributed by atoms with Gasteiger partial charge < -0.3 is 9.13 Å². The van der Waals surface area contributed by atoms with Crippen LogP contribution in [0.5, 0.6) is 0 Å². The lowest BCUT2D eigenvalue weighted by molar-refractivity contribution is 1.12. The summed E-state index contributed by atoms with van der Waals surface area (Å²) < 4.78 is 4.63. The average molecular weight is 815 g/mol. The van der Waals surface area contributed by atoms with Crippen molar-refractivity contribution in [2.75, 3.05) is 0 Å². The Hall–Kier alpha value is -8.78. The summed E-state index contributed by atoms with van der Waals surface area (Å²) in [7, 11) is 0. The predicted octanol–water partition coefficient (Wildman–Crippen LogP) is 15.5. The van der Waals surface area contributed by atoms with Gasteiger partial charge in [0.2, 0.25) is 0 Å². The molecular formula is C60H38N4. The molecule has 0 saturated carbocycles. The van der Waals surface area contributed by atoms with Gasteiger partial charge in [0.25, 0.3) is 0 Å². The van der Waals surface area contributed by atoms with Crippen LogP contribution in [0.4, 0.5) is 0 Å². The third-order valence-electron chi connectivity index (χ3n) is 12.6. The van der Waals surface area contributed by atoms with Gasteiger partial charge in [-0.15, -0.1) is 0 Å². The Morgan fingerprint density at radius 3 is 0.953 bits per heavy atom. The number of aromatic nitrogens is 3. The highest BCUT2D eigenvalue weighted by Gasteiger charge is 2.26. The van der Waals surface area contributed by atoms with Crippen LogP contribution in [0, 0.1) is 11.3 Å². The Morgan fingerprint density at radius 2 is 0.656 bits per heavy atom. The Kier molecular flexibility index (Phi) is 8.84. The Balaban J connectivity index is 1.25. The summed E-state index contributed by atoms with van der Waals surface area (Å²) in [5.74, 6) is 0. The van der Waals surface area contributed by atoms with Crippen LogP contribution in [0.15, 0.2) is 231 Å². The van der Waals surface area contributed by atoms with Gasteiger partial charge in [-0.25, -0.2) is 0 Å². The monoisotopic (exact) mass is 814 g/mol. The maximum Gasteiger partial charge on any atom is 0.104 e. The van der Waals surface area contributed by atoms with Crippen molar-refractivity contribution < 1.29 is 0 Å². The molecule has 3 heterocycles. The van der Waals surface area contributed by atoms with Gasteiger partial charge in [0.15, 0.2) is 0 Å². The molecule has 0 unspecified atom stereocenters. The van der Waals surface area contributed by atoms with Gasteiger partial charge in [-0.2, -0.15) is 5.26 Å². The van der Waals surface area contributed by atoms with Crippen LogP contribution in [-0.2, 0) is 0 Å². The number of nitrogens with zero attached hydrogens (tertiary/aromatic N) is 4. The van der Waals surface area contributed by atoms with E-state index in [0.29, 0.717) is 5.56 Å². The van der Waals surface area contributed by atoms with Gasteiger partial charge in [0.1, 0.15) is 11.6 Å². The highest BCUT2D eigenvalue weighted by molar-refractivity contribution is 6.22. The Bertz CT molecular complexity index is 3340. The summed E-state index contributed by atoms with van der Waals surface area (Å²) in [6.07, 6.45) is 1.84. The predicted molar refractivity (Wildman–Crippen MR) is 265 cm³/mol. The molecule has 0 N–H and O–H groups in total. The maximum atomic E-state index is 11.8. The molecular weight excluding hydrogens is 777 g/mol. The second-order valence-corrected chi connectivity index (χ2v) is 16.1. The van der Waals surface area contributed by atoms with E-state index in [1.54, 1.807) is 0 Å². The van der Waals surface area contributed by atoms with E-state index in [0.717, 1.165) is 111 Å². The minimum atomic E-state index is 0.558. The maximum absolute atomic E-state index is 11.8. The third-order valence-corrected chi connectivity index (χ3v) is 12.6. The van der Waals surface area contributed by atoms with Crippen LogP contribution < -0.4 is 0 Å². The fourth-order valence-electron chi connectivity index (χ4n) is 9.93. The lowest BCUT2D eigenvalue weighted by Crippen LogP contribution is -2.05. The fraction of sp³-hybridized carbons (Fsp3) is 0. The molecule has 0 saturated heterocycles. The lowest BCUT2D eigenvalue weighted by Gasteiger charge is -2.18. The molecule has 0 fully saturated rings. The van der Waals surface area contributed by atoms with E-state index >= 15 is 0 Å². The normalized spacial score (nSPS) is 11.4. The minimum Gasteiger partial charge on any atom is -0.308 e. The molecule has 64 heavy (non-hydrogen) atoms. The molecule has 0 aliphatic rings. The molecule has 0 bridgehead atoms. The second-order valence-electron chi connectivity index (χ2n) is 16.1. The molecule has 4 heteroatoms. The number of hydrogen-bond acceptors (Lipinski definition) is 2. The quantitative estimate of drug-likeness (QED) is 0.161. The first-order chi connectivity index (χ1) is 31.8. The zero-order valence-electron chi connectivity index (χ0n) is 34.7. The van der Waals surface area contributed by atoms with Crippen molar-refractivity contribution in [1.82, 2.24) is 14.1 Å². The van der Waals surface area contributed by atoms with E-state index in [1.807, 2.05) is 18.3 Å². The van der Waals surface area contributed by atoms with Crippen LogP contribution in [0.3, 0.4) is 0 Å². The van der Waals surface area contributed by atoms with Gasteiger partial charge in [-0.05, 0) is 93.0 Å². The molecule has 0 spiro atoms. The topological polar surface area (TPSA) is 46.5 Å². The number of pyridine rings is 1. The number of benzene rings is 9. The van der Waals surface area contributed by atoms with Gasteiger partial charge in [0.05, 0.1) is 39.1 Å². The largest absolute Gasteiger partial charge is 0.308 e. The first kappa shape index (κ1) is 37.0. The zero-order chi connectivity index (χ0) is 42.6. The van der Waals surface area contributed by atoms with Crippen molar-refractivity contribution in [3.05, 3.63) is 236 Å². The summed E-state index contributed by atoms with van der Waals surface area (Å²) in [5.41, 5.74) is 17.0. The van der Waals surface area contributed by atoms with Gasteiger partial charge >= 0.3 is 0 Å². The van der Waals surface area contributed by atoms with Crippen LogP contribution in [-0.4, -0.2) is 14.1 Å². The Morgan fingerprint density at radius 1 is 0.328 bits per heavy atom. The van der Waals surface area contributed by atoms with E-state index in [4.69, 9.17) is 4.98 Å². The van der Waals surface area contributed by atoms with Crippen molar-refractivity contribution in [1.29, 1.82) is 5.26 Å². The van der Waals surface area contributed by atoms with Crippen molar-refractivity contribution in [3.8, 4) is 73.2 Å². The van der Waals surface area contributed by atoms with E-state index in [9.17, 15) is 5.26 Å². The number of hydrogen-bond donors (Lipinski definition) is 0. The van der Waals surface area contributed by atoms with E-state index < -0.39 is 0 Å². The zero-order valence-corrected chi connectivity index (χ0v) is 34.7. The van der Waals surface area contributed by atoms with Crippen LogP contribution in [0.2, 0.25) is 0 Å². The summed E-state index contributed by atoms with van der Waals surface area (Å²) in [5, 5.41) is 16.3. The summed E-state index contributed by atoms with van der Waals surface area (Å²) in [4.78, 5) is 4.91. The summed E-state index contributed by atoms with van der Waals surface area (Å²) >= 11 is 0. The SMILES string of the molecule is N#Cc1c(-n2c3cccc(-c4ccccc4)c3c3c(-c4ccccc4)cccc32)cc(-c2ccccn2)cc1-n1c2cccc(-c3ccccc3)c2c2c(-c3ccccc3)cccc21. The van der Waals surface area contributed by atoms with E-state index in [2.05, 4.69) is 228 Å². The number of nitriles is 1. The van der Waals surface area contributed by atoms with E-state index in [1.165, 1.54) is 0 Å².